The fraction of sp³-hybridized carbons (Fsp3) is 0.812. The van der Waals surface area contributed by atoms with E-state index in [0.29, 0.717) is 0 Å². The maximum atomic E-state index is 4.32. The highest BCUT2D eigenvalue weighted by Crippen LogP contribution is 2.34. The van der Waals surface area contributed by atoms with E-state index in [0.717, 1.165) is 36.9 Å². The van der Waals surface area contributed by atoms with Crippen LogP contribution in [-0.4, -0.2) is 46.2 Å². The van der Waals surface area contributed by atoms with Crippen LogP contribution >= 0.6 is 0 Å². The molecule has 1 aromatic rings. The van der Waals surface area contributed by atoms with Gasteiger partial charge in [-0.1, -0.05) is 13.3 Å². The van der Waals surface area contributed by atoms with E-state index in [2.05, 4.69) is 39.8 Å². The van der Waals surface area contributed by atoms with Crippen molar-refractivity contribution in [3.05, 3.63) is 18.2 Å². The molecule has 20 heavy (non-hydrogen) atoms. The molecule has 4 nitrogen and oxygen atoms in total. The van der Waals surface area contributed by atoms with E-state index in [1.54, 1.807) is 0 Å². The molecule has 1 aromatic heterocycles. The maximum Gasteiger partial charge on any atom is 0.105 e. The average Bonchev–Trinajstić information content (AvgIpc) is 3.22. The molecule has 0 bridgehead atoms. The highest BCUT2D eigenvalue weighted by molar-refractivity contribution is 4.95. The van der Waals surface area contributed by atoms with Crippen molar-refractivity contribution < 1.29 is 0 Å². The molecular weight excluding hydrogens is 248 g/mol. The van der Waals surface area contributed by atoms with Gasteiger partial charge in [-0.05, 0) is 32.1 Å². The number of aromatic nitrogens is 2. The lowest BCUT2D eigenvalue weighted by Gasteiger charge is -2.41. The summed E-state index contributed by atoms with van der Waals surface area (Å²) in [7, 11) is 0. The minimum atomic E-state index is 0.721. The SMILES string of the molecule is CCCC1CNC(C2CC2)CN1CCn1ccnc1C. The highest BCUT2D eigenvalue weighted by atomic mass is 15.2. The normalized spacial score (nSPS) is 27.9. The number of hydrogen-bond acceptors (Lipinski definition) is 3. The van der Waals surface area contributed by atoms with Crippen molar-refractivity contribution in [2.75, 3.05) is 19.6 Å². The molecule has 2 atom stereocenters. The van der Waals surface area contributed by atoms with Gasteiger partial charge in [0.05, 0.1) is 0 Å². The number of hydrogen-bond donors (Lipinski definition) is 1. The number of nitrogens with zero attached hydrogens (tertiary/aromatic N) is 3. The van der Waals surface area contributed by atoms with Gasteiger partial charge in [-0.25, -0.2) is 4.98 Å². The van der Waals surface area contributed by atoms with Gasteiger partial charge in [0, 0.05) is 50.7 Å². The van der Waals surface area contributed by atoms with Crippen LogP contribution in [0.5, 0.6) is 0 Å². The quantitative estimate of drug-likeness (QED) is 0.863. The minimum absolute atomic E-state index is 0.721. The molecule has 2 fully saturated rings. The van der Waals surface area contributed by atoms with E-state index >= 15 is 0 Å². The van der Waals surface area contributed by atoms with Gasteiger partial charge in [0.15, 0.2) is 0 Å². The predicted octanol–water partition coefficient (Wildman–Crippen LogP) is 2.04. The Morgan fingerprint density at radius 3 is 2.85 bits per heavy atom. The van der Waals surface area contributed by atoms with Crippen molar-refractivity contribution in [2.45, 2.75) is 58.2 Å². The third-order valence-electron chi connectivity index (χ3n) is 4.93. The largest absolute Gasteiger partial charge is 0.334 e. The Hall–Kier alpha value is -0.870. The van der Waals surface area contributed by atoms with Crippen molar-refractivity contribution in [2.24, 2.45) is 5.92 Å². The topological polar surface area (TPSA) is 33.1 Å². The number of aryl methyl sites for hydroxylation is 1. The number of piperazine rings is 1. The van der Waals surface area contributed by atoms with E-state index in [9.17, 15) is 0 Å². The van der Waals surface area contributed by atoms with Crippen molar-refractivity contribution in [3.63, 3.8) is 0 Å². The molecule has 4 heteroatoms. The van der Waals surface area contributed by atoms with Crippen molar-refractivity contribution in [3.8, 4) is 0 Å². The standard InChI is InChI=1S/C16H28N4/c1-3-4-15-11-18-16(14-5-6-14)12-20(15)10-9-19-8-7-17-13(19)2/h7-8,14-16,18H,3-6,9-12H2,1-2H3. The molecule has 0 spiro atoms. The number of imidazole rings is 1. The van der Waals surface area contributed by atoms with E-state index in [1.807, 2.05) is 6.20 Å². The molecule has 1 saturated heterocycles. The summed E-state index contributed by atoms with van der Waals surface area (Å²) in [5.74, 6) is 2.08. The Balaban J connectivity index is 1.58. The summed E-state index contributed by atoms with van der Waals surface area (Å²) < 4.78 is 2.27. The fourth-order valence-corrected chi connectivity index (χ4v) is 3.47. The van der Waals surface area contributed by atoms with Crippen LogP contribution in [0.15, 0.2) is 12.4 Å². The Kier molecular flexibility index (Phi) is 4.41. The second-order valence-electron chi connectivity index (χ2n) is 6.46. The smallest absolute Gasteiger partial charge is 0.105 e. The molecule has 1 N–H and O–H groups in total. The van der Waals surface area contributed by atoms with Crippen LogP contribution < -0.4 is 5.32 Å². The zero-order chi connectivity index (χ0) is 13.9. The summed E-state index contributed by atoms with van der Waals surface area (Å²) in [6.07, 6.45) is 9.47. The Morgan fingerprint density at radius 1 is 1.35 bits per heavy atom. The van der Waals surface area contributed by atoms with Gasteiger partial charge in [0.1, 0.15) is 5.82 Å². The summed E-state index contributed by atoms with van der Waals surface area (Å²) >= 11 is 0. The van der Waals surface area contributed by atoms with Gasteiger partial charge in [-0.2, -0.15) is 0 Å². The molecule has 2 unspecified atom stereocenters. The second-order valence-corrected chi connectivity index (χ2v) is 6.46. The third-order valence-corrected chi connectivity index (χ3v) is 4.93. The predicted molar refractivity (Wildman–Crippen MR) is 81.7 cm³/mol. The van der Waals surface area contributed by atoms with Crippen molar-refractivity contribution >= 4 is 0 Å². The first kappa shape index (κ1) is 14.1. The fourth-order valence-electron chi connectivity index (χ4n) is 3.47. The molecule has 112 valence electrons. The first-order valence-electron chi connectivity index (χ1n) is 8.23. The molecule has 3 rings (SSSR count). The monoisotopic (exact) mass is 276 g/mol. The lowest BCUT2D eigenvalue weighted by molar-refractivity contribution is 0.111. The minimum Gasteiger partial charge on any atom is -0.334 e. The zero-order valence-electron chi connectivity index (χ0n) is 12.9. The Labute approximate surface area is 122 Å². The molecule has 0 radical (unpaired) electrons. The second kappa shape index (κ2) is 6.27. The molecule has 2 aliphatic rings. The van der Waals surface area contributed by atoms with E-state index in [-0.39, 0.29) is 0 Å². The Bertz CT molecular complexity index is 424. The first-order chi connectivity index (χ1) is 9.78. The molecule has 1 aliphatic heterocycles. The lowest BCUT2D eigenvalue weighted by atomic mass is 10.0. The van der Waals surface area contributed by atoms with Crippen LogP contribution in [0.25, 0.3) is 0 Å². The van der Waals surface area contributed by atoms with Gasteiger partial charge in [-0.3, -0.25) is 4.90 Å². The highest BCUT2D eigenvalue weighted by Gasteiger charge is 2.36. The molecule has 1 aliphatic carbocycles. The van der Waals surface area contributed by atoms with E-state index < -0.39 is 0 Å². The summed E-state index contributed by atoms with van der Waals surface area (Å²) in [5.41, 5.74) is 0. The van der Waals surface area contributed by atoms with Crippen LogP contribution in [0.1, 0.15) is 38.4 Å². The summed E-state index contributed by atoms with van der Waals surface area (Å²) in [4.78, 5) is 7.05. The lowest BCUT2D eigenvalue weighted by Crippen LogP contribution is -2.57. The molecule has 0 aromatic carbocycles. The number of rotatable bonds is 6. The van der Waals surface area contributed by atoms with Crippen LogP contribution in [0, 0.1) is 12.8 Å². The van der Waals surface area contributed by atoms with Crippen LogP contribution in [0.2, 0.25) is 0 Å². The van der Waals surface area contributed by atoms with E-state index in [1.165, 1.54) is 38.8 Å². The number of nitrogens with one attached hydrogen (secondary N) is 1. The van der Waals surface area contributed by atoms with Gasteiger partial charge < -0.3 is 9.88 Å². The first-order valence-corrected chi connectivity index (χ1v) is 8.23. The van der Waals surface area contributed by atoms with Crippen LogP contribution in [-0.2, 0) is 6.54 Å². The van der Waals surface area contributed by atoms with Gasteiger partial charge in [0.25, 0.3) is 0 Å². The molecule has 2 heterocycles. The molecule has 1 saturated carbocycles. The summed E-state index contributed by atoms with van der Waals surface area (Å²) in [6, 6.07) is 1.46. The van der Waals surface area contributed by atoms with Gasteiger partial charge in [-0.15, -0.1) is 0 Å². The van der Waals surface area contributed by atoms with Crippen LogP contribution in [0.4, 0.5) is 0 Å². The Morgan fingerprint density at radius 2 is 2.20 bits per heavy atom. The maximum absolute atomic E-state index is 4.32. The van der Waals surface area contributed by atoms with Crippen molar-refractivity contribution in [1.82, 2.24) is 19.8 Å². The summed E-state index contributed by atoms with van der Waals surface area (Å²) in [6.45, 7) is 9.04. The molecular formula is C16H28N4. The van der Waals surface area contributed by atoms with E-state index in [4.69, 9.17) is 0 Å². The van der Waals surface area contributed by atoms with Crippen LogP contribution in [0.3, 0.4) is 0 Å². The van der Waals surface area contributed by atoms with Gasteiger partial charge in [0.2, 0.25) is 0 Å². The molecule has 0 amide bonds. The zero-order valence-corrected chi connectivity index (χ0v) is 12.9. The average molecular weight is 276 g/mol. The van der Waals surface area contributed by atoms with Crippen molar-refractivity contribution in [1.29, 1.82) is 0 Å². The van der Waals surface area contributed by atoms with Gasteiger partial charge >= 0.3 is 0 Å². The third kappa shape index (κ3) is 3.23. The summed E-state index contributed by atoms with van der Waals surface area (Å²) in [5, 5.41) is 3.79.